The smallest absolute Gasteiger partial charge is 0.267 e. The molecule has 0 atom stereocenters. The van der Waals surface area contributed by atoms with E-state index in [1.54, 1.807) is 17.5 Å². The normalized spacial score (nSPS) is 10.9. The molecule has 0 aliphatic carbocycles. The number of pyridine rings is 1. The van der Waals surface area contributed by atoms with E-state index in [1.165, 1.54) is 0 Å². The standard InChI is InChI=1S/C18H18BrN3OS/c1-12(2)11-22-14-10-17(19)24-16(14)9-15(22)18(23)21-8-6-13-5-3-4-7-20-13/h3-5,7,9-10H,1,6,8,11H2,2H3,(H,21,23). The lowest BCUT2D eigenvalue weighted by molar-refractivity contribution is 0.0945. The molecule has 4 nitrogen and oxygen atoms in total. The van der Waals surface area contributed by atoms with E-state index in [0.29, 0.717) is 25.2 Å². The molecule has 6 heteroatoms. The van der Waals surface area contributed by atoms with Gasteiger partial charge in [0.05, 0.1) is 14.0 Å². The molecule has 0 spiro atoms. The van der Waals surface area contributed by atoms with Crippen molar-refractivity contribution in [3.8, 4) is 0 Å². The van der Waals surface area contributed by atoms with Crippen LogP contribution in [-0.2, 0) is 13.0 Å². The number of nitrogens with zero attached hydrogens (tertiary/aromatic N) is 2. The molecule has 0 aliphatic rings. The van der Waals surface area contributed by atoms with Crippen LogP contribution < -0.4 is 5.32 Å². The number of amides is 1. The highest BCUT2D eigenvalue weighted by molar-refractivity contribution is 9.11. The third-order valence-electron chi connectivity index (χ3n) is 3.61. The number of rotatable bonds is 6. The number of allylic oxidation sites excluding steroid dienone is 1. The van der Waals surface area contributed by atoms with Gasteiger partial charge in [0.2, 0.25) is 0 Å². The minimum absolute atomic E-state index is 0.0632. The summed E-state index contributed by atoms with van der Waals surface area (Å²) in [6.07, 6.45) is 2.48. The van der Waals surface area contributed by atoms with Crippen LogP contribution in [0.15, 0.2) is 52.5 Å². The van der Waals surface area contributed by atoms with Crippen LogP contribution in [0.4, 0.5) is 0 Å². The lowest BCUT2D eigenvalue weighted by Crippen LogP contribution is -2.28. The number of fused-ring (bicyclic) bond motifs is 1. The monoisotopic (exact) mass is 403 g/mol. The minimum Gasteiger partial charge on any atom is -0.350 e. The maximum atomic E-state index is 12.6. The summed E-state index contributed by atoms with van der Waals surface area (Å²) in [5.74, 6) is -0.0632. The average molecular weight is 404 g/mol. The SMILES string of the molecule is C=C(C)Cn1c(C(=O)NCCc2ccccn2)cc2sc(Br)cc21. The van der Waals surface area contributed by atoms with Crippen LogP contribution in [0, 0.1) is 0 Å². The van der Waals surface area contributed by atoms with Gasteiger partial charge in [-0.1, -0.05) is 18.2 Å². The second-order valence-corrected chi connectivity index (χ2v) is 8.16. The van der Waals surface area contributed by atoms with Gasteiger partial charge in [-0.15, -0.1) is 11.3 Å². The molecule has 0 fully saturated rings. The first-order valence-corrected chi connectivity index (χ1v) is 9.26. The lowest BCUT2D eigenvalue weighted by Gasteiger charge is -2.10. The van der Waals surface area contributed by atoms with Crippen molar-refractivity contribution in [3.63, 3.8) is 0 Å². The highest BCUT2D eigenvalue weighted by atomic mass is 79.9. The van der Waals surface area contributed by atoms with E-state index in [1.807, 2.05) is 41.8 Å². The van der Waals surface area contributed by atoms with Gasteiger partial charge in [0.1, 0.15) is 5.69 Å². The Kier molecular flexibility index (Phi) is 5.16. The molecule has 0 unspecified atom stereocenters. The maximum Gasteiger partial charge on any atom is 0.267 e. The summed E-state index contributed by atoms with van der Waals surface area (Å²) in [4.78, 5) is 16.9. The van der Waals surface area contributed by atoms with Crippen LogP contribution in [0.3, 0.4) is 0 Å². The fraction of sp³-hybridized carbons (Fsp3) is 0.222. The Balaban J connectivity index is 1.76. The molecule has 124 valence electrons. The Morgan fingerprint density at radius 3 is 2.96 bits per heavy atom. The Morgan fingerprint density at radius 1 is 1.42 bits per heavy atom. The molecule has 0 saturated carbocycles. The van der Waals surface area contributed by atoms with Gasteiger partial charge < -0.3 is 9.88 Å². The fourth-order valence-electron chi connectivity index (χ4n) is 2.58. The third-order valence-corrected chi connectivity index (χ3v) is 5.19. The van der Waals surface area contributed by atoms with Crippen molar-refractivity contribution in [2.45, 2.75) is 19.9 Å². The topological polar surface area (TPSA) is 46.9 Å². The molecule has 0 aromatic carbocycles. The number of thiophene rings is 1. The Labute approximate surface area is 153 Å². The second-order valence-electron chi connectivity index (χ2n) is 5.70. The fourth-order valence-corrected chi connectivity index (χ4v) is 4.15. The van der Waals surface area contributed by atoms with Gasteiger partial charge >= 0.3 is 0 Å². The largest absolute Gasteiger partial charge is 0.350 e. The highest BCUT2D eigenvalue weighted by Gasteiger charge is 2.17. The third kappa shape index (κ3) is 3.76. The van der Waals surface area contributed by atoms with E-state index in [0.717, 1.165) is 25.3 Å². The first kappa shape index (κ1) is 16.9. The number of nitrogens with one attached hydrogen (secondary N) is 1. The number of carbonyl (C=O) groups is 1. The van der Waals surface area contributed by atoms with E-state index < -0.39 is 0 Å². The quantitative estimate of drug-likeness (QED) is 0.619. The predicted octanol–water partition coefficient (Wildman–Crippen LogP) is 4.41. The minimum atomic E-state index is -0.0632. The van der Waals surface area contributed by atoms with Gasteiger partial charge in [-0.25, -0.2) is 0 Å². The summed E-state index contributed by atoms with van der Waals surface area (Å²) in [7, 11) is 0. The average Bonchev–Trinajstić information content (AvgIpc) is 3.05. The Morgan fingerprint density at radius 2 is 2.25 bits per heavy atom. The van der Waals surface area contributed by atoms with Gasteiger partial charge in [-0.2, -0.15) is 0 Å². The van der Waals surface area contributed by atoms with E-state index in [2.05, 4.69) is 32.8 Å². The van der Waals surface area contributed by atoms with Crippen molar-refractivity contribution in [3.05, 3.63) is 63.9 Å². The van der Waals surface area contributed by atoms with E-state index in [9.17, 15) is 4.79 Å². The number of aromatic nitrogens is 2. The van der Waals surface area contributed by atoms with Gasteiger partial charge in [0.25, 0.3) is 5.91 Å². The summed E-state index contributed by atoms with van der Waals surface area (Å²) >= 11 is 5.14. The van der Waals surface area contributed by atoms with E-state index >= 15 is 0 Å². The van der Waals surface area contributed by atoms with Gasteiger partial charge in [-0.05, 0) is 47.1 Å². The molecule has 0 radical (unpaired) electrons. The van der Waals surface area contributed by atoms with E-state index in [-0.39, 0.29) is 5.91 Å². The first-order valence-electron chi connectivity index (χ1n) is 7.65. The van der Waals surface area contributed by atoms with Crippen molar-refractivity contribution in [1.29, 1.82) is 0 Å². The molecule has 3 aromatic heterocycles. The molecule has 0 saturated heterocycles. The number of hydrogen-bond acceptors (Lipinski definition) is 3. The molecule has 3 heterocycles. The number of halogens is 1. The van der Waals surface area contributed by atoms with Crippen LogP contribution in [0.2, 0.25) is 0 Å². The van der Waals surface area contributed by atoms with Crippen molar-refractivity contribution in [1.82, 2.24) is 14.9 Å². The van der Waals surface area contributed by atoms with E-state index in [4.69, 9.17) is 0 Å². The number of carbonyl (C=O) groups excluding carboxylic acids is 1. The summed E-state index contributed by atoms with van der Waals surface area (Å²) in [6, 6.07) is 9.80. The Bertz CT molecular complexity index is 882. The summed E-state index contributed by atoms with van der Waals surface area (Å²) < 4.78 is 4.18. The molecule has 3 aromatic rings. The first-order chi connectivity index (χ1) is 11.5. The Hall–Kier alpha value is -1.92. The second kappa shape index (κ2) is 7.32. The van der Waals surface area contributed by atoms with Gasteiger partial charge in [0, 0.05) is 31.4 Å². The zero-order valence-corrected chi connectivity index (χ0v) is 15.8. The molecule has 24 heavy (non-hydrogen) atoms. The summed E-state index contributed by atoms with van der Waals surface area (Å²) in [5, 5.41) is 2.99. The lowest BCUT2D eigenvalue weighted by atomic mass is 10.2. The molecule has 1 N–H and O–H groups in total. The van der Waals surface area contributed by atoms with Crippen LogP contribution in [0.1, 0.15) is 23.1 Å². The molecule has 1 amide bonds. The van der Waals surface area contributed by atoms with Crippen LogP contribution in [-0.4, -0.2) is 22.0 Å². The molecule has 0 bridgehead atoms. The van der Waals surface area contributed by atoms with Crippen LogP contribution in [0.25, 0.3) is 10.2 Å². The maximum absolute atomic E-state index is 12.6. The zero-order valence-electron chi connectivity index (χ0n) is 13.4. The van der Waals surface area contributed by atoms with Crippen molar-refractivity contribution < 1.29 is 4.79 Å². The van der Waals surface area contributed by atoms with Crippen LogP contribution >= 0.6 is 27.3 Å². The van der Waals surface area contributed by atoms with Crippen LogP contribution in [0.5, 0.6) is 0 Å². The van der Waals surface area contributed by atoms with Gasteiger partial charge in [0.15, 0.2) is 0 Å². The predicted molar refractivity (Wildman–Crippen MR) is 103 cm³/mol. The van der Waals surface area contributed by atoms with Crippen molar-refractivity contribution in [2.24, 2.45) is 0 Å². The number of hydrogen-bond donors (Lipinski definition) is 1. The molecular weight excluding hydrogens is 386 g/mol. The molecular formula is C18H18BrN3OS. The molecule has 3 rings (SSSR count). The summed E-state index contributed by atoms with van der Waals surface area (Å²) in [6.45, 7) is 7.14. The summed E-state index contributed by atoms with van der Waals surface area (Å²) in [5.41, 5.74) is 3.72. The van der Waals surface area contributed by atoms with Crippen molar-refractivity contribution in [2.75, 3.05) is 6.54 Å². The zero-order chi connectivity index (χ0) is 17.1. The molecule has 0 aliphatic heterocycles. The van der Waals surface area contributed by atoms with Crippen molar-refractivity contribution >= 4 is 43.4 Å². The van der Waals surface area contributed by atoms with Gasteiger partial charge in [-0.3, -0.25) is 9.78 Å². The highest BCUT2D eigenvalue weighted by Crippen LogP contribution is 2.32.